The van der Waals surface area contributed by atoms with Crippen molar-refractivity contribution in [3.63, 3.8) is 0 Å². The van der Waals surface area contributed by atoms with Gasteiger partial charge in [-0.15, -0.1) is 0 Å². The Bertz CT molecular complexity index is 302. The fraction of sp³-hybridized carbons (Fsp3) is 0.857. The Morgan fingerprint density at radius 1 is 0.917 bits per heavy atom. The van der Waals surface area contributed by atoms with Crippen molar-refractivity contribution in [3.8, 4) is 0 Å². The van der Waals surface area contributed by atoms with Gasteiger partial charge in [0.1, 0.15) is 0 Å². The first-order valence-corrected chi connectivity index (χ1v) is 10.3. The monoisotopic (exact) mass is 339 g/mol. The molecule has 0 aromatic heterocycles. The van der Waals surface area contributed by atoms with E-state index >= 15 is 0 Å². The van der Waals surface area contributed by atoms with E-state index in [1.54, 1.807) is 0 Å². The van der Waals surface area contributed by atoms with Crippen LogP contribution in [-0.2, 0) is 4.79 Å². The number of carbonyl (C=O) groups is 1. The van der Waals surface area contributed by atoms with Crippen molar-refractivity contribution in [1.82, 2.24) is 5.32 Å². The Morgan fingerprint density at radius 3 is 2.04 bits per heavy atom. The standard InChI is InChI=1S/C21H41NO2/c1-3-4-5-6-7-8-9-10-11-12-13-14-15-16-17-20(2)21(24)22-18-19-23/h10-11,20,23H,3-9,12-19H2,1-2H3,(H,22,24)/b11-10-/t20-/m0/s1. The summed E-state index contributed by atoms with van der Waals surface area (Å²) in [5.41, 5.74) is 0. The molecule has 3 nitrogen and oxygen atoms in total. The van der Waals surface area contributed by atoms with Crippen molar-refractivity contribution < 1.29 is 9.90 Å². The quantitative estimate of drug-likeness (QED) is 0.276. The Balaban J connectivity index is 3.29. The molecule has 0 aliphatic rings. The first kappa shape index (κ1) is 23.2. The summed E-state index contributed by atoms with van der Waals surface area (Å²) in [6, 6.07) is 0. The van der Waals surface area contributed by atoms with Gasteiger partial charge in [-0.25, -0.2) is 0 Å². The molecule has 24 heavy (non-hydrogen) atoms. The third kappa shape index (κ3) is 16.0. The highest BCUT2D eigenvalue weighted by Gasteiger charge is 2.10. The molecule has 0 bridgehead atoms. The molecule has 1 amide bonds. The second-order valence-electron chi connectivity index (χ2n) is 6.94. The first-order chi connectivity index (χ1) is 11.7. The normalized spacial score (nSPS) is 12.6. The minimum atomic E-state index is 0.0187. The number of aliphatic hydroxyl groups is 1. The lowest BCUT2D eigenvalue weighted by Gasteiger charge is -2.11. The third-order valence-corrected chi connectivity index (χ3v) is 4.51. The van der Waals surface area contributed by atoms with Gasteiger partial charge in [0.25, 0.3) is 0 Å². The van der Waals surface area contributed by atoms with Gasteiger partial charge in [0, 0.05) is 12.5 Å². The maximum absolute atomic E-state index is 11.6. The predicted octanol–water partition coefficient (Wildman–Crippen LogP) is 5.38. The van der Waals surface area contributed by atoms with Crippen LogP contribution in [0.2, 0.25) is 0 Å². The van der Waals surface area contributed by atoms with Crippen molar-refractivity contribution in [3.05, 3.63) is 12.2 Å². The number of unbranched alkanes of at least 4 members (excludes halogenated alkanes) is 10. The van der Waals surface area contributed by atoms with Crippen molar-refractivity contribution in [1.29, 1.82) is 0 Å². The summed E-state index contributed by atoms with van der Waals surface area (Å²) in [5, 5.41) is 11.4. The smallest absolute Gasteiger partial charge is 0.222 e. The summed E-state index contributed by atoms with van der Waals surface area (Å²) in [6.07, 6.45) is 21.2. The molecule has 3 heteroatoms. The van der Waals surface area contributed by atoms with Gasteiger partial charge in [0.15, 0.2) is 0 Å². The Morgan fingerprint density at radius 2 is 1.46 bits per heavy atom. The van der Waals surface area contributed by atoms with Gasteiger partial charge in [-0.3, -0.25) is 4.79 Å². The van der Waals surface area contributed by atoms with Crippen LogP contribution >= 0.6 is 0 Å². The molecule has 0 aliphatic heterocycles. The number of amides is 1. The van der Waals surface area contributed by atoms with Crippen LogP contribution in [0.15, 0.2) is 12.2 Å². The van der Waals surface area contributed by atoms with Crippen molar-refractivity contribution in [2.24, 2.45) is 5.92 Å². The lowest BCUT2D eigenvalue weighted by atomic mass is 10.0. The third-order valence-electron chi connectivity index (χ3n) is 4.51. The van der Waals surface area contributed by atoms with Gasteiger partial charge >= 0.3 is 0 Å². The number of nitrogens with one attached hydrogen (secondary N) is 1. The molecule has 0 heterocycles. The summed E-state index contributed by atoms with van der Waals surface area (Å²) in [6.45, 7) is 4.62. The minimum Gasteiger partial charge on any atom is -0.395 e. The van der Waals surface area contributed by atoms with E-state index in [0.717, 1.165) is 12.8 Å². The summed E-state index contributed by atoms with van der Waals surface area (Å²) >= 11 is 0. The highest BCUT2D eigenvalue weighted by molar-refractivity contribution is 5.78. The Labute approximate surface area is 150 Å². The van der Waals surface area contributed by atoms with E-state index in [1.165, 1.54) is 70.6 Å². The van der Waals surface area contributed by atoms with E-state index < -0.39 is 0 Å². The lowest BCUT2D eigenvalue weighted by molar-refractivity contribution is -0.124. The SMILES string of the molecule is CCCCCCCC/C=C\CCCCCC[C@H](C)C(=O)NCCO. The molecule has 0 spiro atoms. The molecule has 0 fully saturated rings. The van der Waals surface area contributed by atoms with Gasteiger partial charge in [-0.05, 0) is 32.1 Å². The second kappa shape index (κ2) is 18.5. The molecule has 0 aromatic rings. The summed E-state index contributed by atoms with van der Waals surface area (Å²) in [5.74, 6) is 0.135. The molecule has 142 valence electrons. The molecule has 0 rings (SSSR count). The maximum Gasteiger partial charge on any atom is 0.222 e. The van der Waals surface area contributed by atoms with Crippen LogP contribution in [0.3, 0.4) is 0 Å². The van der Waals surface area contributed by atoms with Crippen molar-refractivity contribution in [2.45, 2.75) is 97.3 Å². The molecule has 0 unspecified atom stereocenters. The Kier molecular flexibility index (Phi) is 17.9. The average molecular weight is 340 g/mol. The zero-order valence-electron chi connectivity index (χ0n) is 16.2. The van der Waals surface area contributed by atoms with Crippen molar-refractivity contribution in [2.75, 3.05) is 13.2 Å². The van der Waals surface area contributed by atoms with E-state index in [0.29, 0.717) is 6.54 Å². The largest absolute Gasteiger partial charge is 0.395 e. The van der Waals surface area contributed by atoms with Crippen LogP contribution in [0.4, 0.5) is 0 Å². The van der Waals surface area contributed by atoms with Gasteiger partial charge in [-0.2, -0.15) is 0 Å². The summed E-state index contributed by atoms with van der Waals surface area (Å²) in [7, 11) is 0. The number of hydrogen-bond acceptors (Lipinski definition) is 2. The molecule has 0 radical (unpaired) electrons. The van der Waals surface area contributed by atoms with E-state index in [1.807, 2.05) is 6.92 Å². The molecular formula is C21H41NO2. The van der Waals surface area contributed by atoms with Gasteiger partial charge in [0.2, 0.25) is 5.91 Å². The second-order valence-corrected chi connectivity index (χ2v) is 6.94. The maximum atomic E-state index is 11.6. The van der Waals surface area contributed by atoms with Gasteiger partial charge < -0.3 is 10.4 Å². The number of allylic oxidation sites excluding steroid dienone is 2. The van der Waals surface area contributed by atoms with Crippen LogP contribution in [0, 0.1) is 5.92 Å². The molecule has 0 saturated carbocycles. The van der Waals surface area contributed by atoms with Crippen molar-refractivity contribution >= 4 is 5.91 Å². The van der Waals surface area contributed by atoms with E-state index in [-0.39, 0.29) is 18.4 Å². The number of hydrogen-bond donors (Lipinski definition) is 2. The van der Waals surface area contributed by atoms with Crippen LogP contribution in [-0.4, -0.2) is 24.2 Å². The Hall–Kier alpha value is -0.830. The molecule has 0 saturated heterocycles. The van der Waals surface area contributed by atoms with E-state index in [9.17, 15) is 4.79 Å². The van der Waals surface area contributed by atoms with Crippen LogP contribution in [0.1, 0.15) is 97.3 Å². The molecule has 0 aromatic carbocycles. The zero-order chi connectivity index (χ0) is 17.9. The lowest BCUT2D eigenvalue weighted by Crippen LogP contribution is -2.31. The van der Waals surface area contributed by atoms with Gasteiger partial charge in [-0.1, -0.05) is 77.4 Å². The zero-order valence-corrected chi connectivity index (χ0v) is 16.2. The fourth-order valence-corrected chi connectivity index (χ4v) is 2.83. The topological polar surface area (TPSA) is 49.3 Å². The van der Waals surface area contributed by atoms with Gasteiger partial charge in [0.05, 0.1) is 6.61 Å². The van der Waals surface area contributed by atoms with E-state index in [2.05, 4.69) is 24.4 Å². The molecule has 1 atom stereocenters. The summed E-state index contributed by atoms with van der Waals surface area (Å²) in [4.78, 5) is 11.6. The number of rotatable bonds is 17. The van der Waals surface area contributed by atoms with E-state index in [4.69, 9.17) is 5.11 Å². The van der Waals surface area contributed by atoms with Crippen LogP contribution in [0.5, 0.6) is 0 Å². The highest BCUT2D eigenvalue weighted by atomic mass is 16.3. The highest BCUT2D eigenvalue weighted by Crippen LogP contribution is 2.12. The summed E-state index contributed by atoms with van der Waals surface area (Å²) < 4.78 is 0. The predicted molar refractivity (Wildman–Crippen MR) is 104 cm³/mol. The first-order valence-electron chi connectivity index (χ1n) is 10.3. The molecule has 0 aliphatic carbocycles. The average Bonchev–Trinajstić information content (AvgIpc) is 2.59. The molecular weight excluding hydrogens is 298 g/mol. The minimum absolute atomic E-state index is 0.0187. The van der Waals surface area contributed by atoms with Crippen LogP contribution in [0.25, 0.3) is 0 Å². The van der Waals surface area contributed by atoms with Crippen LogP contribution < -0.4 is 5.32 Å². The number of aliphatic hydroxyl groups excluding tert-OH is 1. The number of carbonyl (C=O) groups excluding carboxylic acids is 1. The molecule has 2 N–H and O–H groups in total. The fourth-order valence-electron chi connectivity index (χ4n) is 2.83.